The second-order valence-corrected chi connectivity index (χ2v) is 14.6. The number of nitrogens with one attached hydrogen (secondary N) is 3. The lowest BCUT2D eigenvalue weighted by atomic mass is 10.0. The summed E-state index contributed by atoms with van der Waals surface area (Å²) in [5.41, 5.74) is -2.10. The van der Waals surface area contributed by atoms with E-state index in [4.69, 9.17) is 4.74 Å². The zero-order chi connectivity index (χ0) is 29.1. The monoisotopic (exact) mass is 580 g/mol. The minimum absolute atomic E-state index is 0.296. The van der Waals surface area contributed by atoms with Gasteiger partial charge < -0.3 is 20.3 Å². The van der Waals surface area contributed by atoms with Gasteiger partial charge in [0.25, 0.3) is 5.91 Å². The van der Waals surface area contributed by atoms with E-state index in [1.165, 1.54) is 4.90 Å². The molecule has 0 unspecified atom stereocenters. The molecule has 0 bridgehead atoms. The van der Waals surface area contributed by atoms with Gasteiger partial charge in [-0.25, -0.2) is 13.2 Å². The lowest BCUT2D eigenvalue weighted by Crippen LogP contribution is -2.58. The van der Waals surface area contributed by atoms with E-state index in [9.17, 15) is 27.6 Å². The molecule has 2 aliphatic carbocycles. The van der Waals surface area contributed by atoms with Crippen molar-refractivity contribution in [3.63, 3.8) is 0 Å². The summed E-state index contributed by atoms with van der Waals surface area (Å²) in [5.74, 6) is -1.88. The van der Waals surface area contributed by atoms with Gasteiger partial charge in [0.1, 0.15) is 23.2 Å². The maximum Gasteiger partial charge on any atom is 0.408 e. The Kier molecular flexibility index (Phi) is 9.16. The average molecular weight is 581 g/mol. The summed E-state index contributed by atoms with van der Waals surface area (Å²) in [7, 11) is -3.85. The average Bonchev–Trinajstić information content (AvgIpc) is 3.25. The molecule has 3 N–H and O–H groups in total. The number of hydrogen-bond donors (Lipinski definition) is 3. The lowest BCUT2D eigenvalue weighted by Gasteiger charge is -2.30. The van der Waals surface area contributed by atoms with Crippen LogP contribution in [0.25, 0.3) is 0 Å². The van der Waals surface area contributed by atoms with Gasteiger partial charge >= 0.3 is 6.09 Å². The predicted molar refractivity (Wildman–Crippen MR) is 148 cm³/mol. The molecule has 2 heterocycles. The van der Waals surface area contributed by atoms with E-state index in [0.717, 1.165) is 32.1 Å². The Bertz CT molecular complexity index is 1130. The number of amides is 4. The smallest absolute Gasteiger partial charge is 0.408 e. The Morgan fingerprint density at radius 3 is 2.42 bits per heavy atom. The minimum atomic E-state index is -3.85. The standard InChI is InChI=1S/C28H44N4O7S/c1-27(2,3)39-26(36)29-21-15-8-6-4-5-7-12-19-18-28(19,25(35)31-40(37,38)20-13-9-10-14-20)30-23(33)22-16-11-17-32(22)24(21)34/h7,12,19-22H,4-6,8-11,13-18H2,1-3H3,(H,29,36)(H,30,33)(H,31,35)/b12-7-/t19-,21-,22-,28+/m0/s1. The van der Waals surface area contributed by atoms with Crippen LogP contribution in [0.5, 0.6) is 0 Å². The van der Waals surface area contributed by atoms with Crippen molar-refractivity contribution >= 4 is 33.8 Å². The third kappa shape index (κ3) is 7.16. The molecule has 2 aliphatic heterocycles. The molecule has 4 rings (SSSR count). The second-order valence-electron chi connectivity index (χ2n) is 12.6. The van der Waals surface area contributed by atoms with Crippen molar-refractivity contribution in [1.82, 2.24) is 20.3 Å². The molecule has 224 valence electrons. The number of rotatable bonds is 4. The van der Waals surface area contributed by atoms with Crippen molar-refractivity contribution in [1.29, 1.82) is 0 Å². The van der Waals surface area contributed by atoms with Crippen molar-refractivity contribution in [3.8, 4) is 0 Å². The third-order valence-electron chi connectivity index (χ3n) is 8.30. The molecular weight excluding hydrogens is 536 g/mol. The van der Waals surface area contributed by atoms with E-state index in [1.54, 1.807) is 20.8 Å². The number of allylic oxidation sites excluding steroid dienone is 1. The Balaban J connectivity index is 1.54. The van der Waals surface area contributed by atoms with Crippen molar-refractivity contribution in [3.05, 3.63) is 12.2 Å². The highest BCUT2D eigenvalue weighted by Crippen LogP contribution is 2.46. The minimum Gasteiger partial charge on any atom is -0.444 e. The summed E-state index contributed by atoms with van der Waals surface area (Å²) in [5, 5.41) is 4.97. The molecule has 0 spiro atoms. The van der Waals surface area contributed by atoms with Gasteiger partial charge in [-0.05, 0) is 72.1 Å². The Morgan fingerprint density at radius 1 is 1.02 bits per heavy atom. The summed E-state index contributed by atoms with van der Waals surface area (Å²) < 4.78 is 33.5. The van der Waals surface area contributed by atoms with Crippen LogP contribution in [-0.4, -0.2) is 72.2 Å². The maximum absolute atomic E-state index is 13.7. The molecule has 1 saturated heterocycles. The molecule has 12 heteroatoms. The molecule has 3 fully saturated rings. The van der Waals surface area contributed by atoms with E-state index >= 15 is 0 Å². The van der Waals surface area contributed by atoms with Gasteiger partial charge in [-0.15, -0.1) is 0 Å². The fourth-order valence-electron chi connectivity index (χ4n) is 6.05. The first-order valence-corrected chi connectivity index (χ1v) is 16.2. The molecule has 4 amide bonds. The molecule has 40 heavy (non-hydrogen) atoms. The zero-order valence-corrected chi connectivity index (χ0v) is 24.7. The quantitative estimate of drug-likeness (QED) is 0.433. The Hall–Kier alpha value is -2.63. The number of carbonyl (C=O) groups is 4. The van der Waals surface area contributed by atoms with Gasteiger partial charge in [0.05, 0.1) is 5.25 Å². The highest BCUT2D eigenvalue weighted by molar-refractivity contribution is 7.90. The van der Waals surface area contributed by atoms with Crippen LogP contribution < -0.4 is 15.4 Å². The van der Waals surface area contributed by atoms with Crippen LogP contribution in [0.2, 0.25) is 0 Å². The zero-order valence-electron chi connectivity index (χ0n) is 23.9. The maximum atomic E-state index is 13.7. The highest BCUT2D eigenvalue weighted by Gasteiger charge is 2.61. The van der Waals surface area contributed by atoms with Gasteiger partial charge in [-0.2, -0.15) is 0 Å². The Labute approximate surface area is 237 Å². The third-order valence-corrected chi connectivity index (χ3v) is 10.1. The molecule has 2 saturated carbocycles. The van der Waals surface area contributed by atoms with E-state index in [-0.39, 0.29) is 11.8 Å². The number of ether oxygens (including phenoxy) is 1. The molecular formula is C28H44N4O7S. The number of alkyl carbamates (subject to hydrolysis) is 1. The van der Waals surface area contributed by atoms with E-state index in [2.05, 4.69) is 15.4 Å². The van der Waals surface area contributed by atoms with Crippen LogP contribution >= 0.6 is 0 Å². The van der Waals surface area contributed by atoms with E-state index in [1.807, 2.05) is 12.2 Å². The van der Waals surface area contributed by atoms with Crippen LogP contribution in [-0.2, 0) is 29.1 Å². The molecule has 0 aromatic rings. The lowest BCUT2D eigenvalue weighted by molar-refractivity contribution is -0.141. The fraction of sp³-hybridized carbons (Fsp3) is 0.786. The van der Waals surface area contributed by atoms with Gasteiger partial charge in [-0.1, -0.05) is 37.8 Å². The van der Waals surface area contributed by atoms with Crippen molar-refractivity contribution in [2.75, 3.05) is 6.54 Å². The molecule has 4 aliphatic rings. The largest absolute Gasteiger partial charge is 0.444 e. The summed E-state index contributed by atoms with van der Waals surface area (Å²) >= 11 is 0. The van der Waals surface area contributed by atoms with Crippen molar-refractivity contribution in [2.24, 2.45) is 5.92 Å². The fourth-order valence-corrected chi connectivity index (χ4v) is 7.61. The summed E-state index contributed by atoms with van der Waals surface area (Å²) in [4.78, 5) is 54.7. The number of carbonyl (C=O) groups excluding carboxylic acids is 4. The number of hydrogen-bond acceptors (Lipinski definition) is 7. The first kappa shape index (κ1) is 30.3. The van der Waals surface area contributed by atoms with Crippen LogP contribution in [0.15, 0.2) is 12.2 Å². The summed E-state index contributed by atoms with van der Waals surface area (Å²) in [6.45, 7) is 5.59. The van der Waals surface area contributed by atoms with Crippen LogP contribution in [0, 0.1) is 5.92 Å². The normalized spacial score (nSPS) is 31.2. The SMILES string of the molecule is CC(C)(C)OC(=O)N[C@H]1CCCCC/C=C\[C@H]2C[C@@]2(C(=O)NS(=O)(=O)C2CCCC2)NC(=O)[C@@H]2CCCN2C1=O. The number of fused-ring (bicyclic) bond motifs is 2. The summed E-state index contributed by atoms with van der Waals surface area (Å²) in [6.07, 6.45) is 10.7. The first-order valence-electron chi connectivity index (χ1n) is 14.7. The molecule has 4 atom stereocenters. The van der Waals surface area contributed by atoms with Gasteiger partial charge in [0.2, 0.25) is 21.8 Å². The van der Waals surface area contributed by atoms with E-state index in [0.29, 0.717) is 51.5 Å². The first-order chi connectivity index (χ1) is 18.8. The summed E-state index contributed by atoms with van der Waals surface area (Å²) in [6, 6.07) is -1.66. The molecule has 0 aromatic heterocycles. The van der Waals surface area contributed by atoms with Crippen LogP contribution in [0.4, 0.5) is 4.79 Å². The van der Waals surface area contributed by atoms with Crippen molar-refractivity contribution < 1.29 is 32.3 Å². The van der Waals surface area contributed by atoms with E-state index < -0.39 is 56.4 Å². The van der Waals surface area contributed by atoms with Crippen LogP contribution in [0.3, 0.4) is 0 Å². The van der Waals surface area contributed by atoms with Gasteiger partial charge in [-0.3, -0.25) is 19.1 Å². The molecule has 0 radical (unpaired) electrons. The topological polar surface area (TPSA) is 151 Å². The molecule has 11 nitrogen and oxygen atoms in total. The predicted octanol–water partition coefficient (Wildman–Crippen LogP) is 2.65. The van der Waals surface area contributed by atoms with Gasteiger partial charge in [0.15, 0.2) is 0 Å². The number of sulfonamides is 1. The Morgan fingerprint density at radius 2 is 1.73 bits per heavy atom. The van der Waals surface area contributed by atoms with Crippen molar-refractivity contribution in [2.45, 2.75) is 126 Å². The van der Waals surface area contributed by atoms with Gasteiger partial charge in [0, 0.05) is 12.5 Å². The number of nitrogens with zero attached hydrogens (tertiary/aromatic N) is 1. The van der Waals surface area contributed by atoms with Crippen LogP contribution in [0.1, 0.15) is 97.8 Å². The highest BCUT2D eigenvalue weighted by atomic mass is 32.2. The molecule has 0 aromatic carbocycles. The second kappa shape index (κ2) is 12.1.